The summed E-state index contributed by atoms with van der Waals surface area (Å²) in [5.74, 6) is 0.171. The van der Waals surface area contributed by atoms with Crippen LogP contribution in [0.3, 0.4) is 0 Å². The lowest BCUT2D eigenvalue weighted by molar-refractivity contribution is 0.0992. The van der Waals surface area contributed by atoms with E-state index in [1.54, 1.807) is 13.0 Å². The monoisotopic (exact) mass is 247 g/mol. The van der Waals surface area contributed by atoms with Crippen molar-refractivity contribution in [3.63, 3.8) is 0 Å². The van der Waals surface area contributed by atoms with Crippen LogP contribution in [0, 0.1) is 0 Å². The first-order valence-electron chi connectivity index (χ1n) is 5.25. The Balaban J connectivity index is 2.71. The van der Waals surface area contributed by atoms with E-state index in [2.05, 4.69) is 6.58 Å². The summed E-state index contributed by atoms with van der Waals surface area (Å²) in [7, 11) is -2.99. The summed E-state index contributed by atoms with van der Waals surface area (Å²) in [5.41, 5.74) is 0. The van der Waals surface area contributed by atoms with E-state index in [1.165, 1.54) is 4.90 Å². The second-order valence-corrected chi connectivity index (χ2v) is 5.93. The van der Waals surface area contributed by atoms with E-state index in [4.69, 9.17) is 4.74 Å². The lowest BCUT2D eigenvalue weighted by Gasteiger charge is -2.25. The van der Waals surface area contributed by atoms with Crippen LogP contribution in [-0.4, -0.2) is 50.1 Å². The van der Waals surface area contributed by atoms with Crippen LogP contribution in [0.1, 0.15) is 13.3 Å². The molecule has 0 spiro atoms. The van der Waals surface area contributed by atoms with Gasteiger partial charge in [-0.15, -0.1) is 6.58 Å². The molecule has 0 bridgehead atoms. The van der Waals surface area contributed by atoms with Gasteiger partial charge in [-0.3, -0.25) is 0 Å². The molecule has 92 valence electrons. The Kier molecular flexibility index (Phi) is 4.35. The molecule has 1 fully saturated rings. The molecule has 1 saturated heterocycles. The highest BCUT2D eigenvalue weighted by Crippen LogP contribution is 2.18. The van der Waals surface area contributed by atoms with Gasteiger partial charge in [0.2, 0.25) is 0 Å². The van der Waals surface area contributed by atoms with Gasteiger partial charge >= 0.3 is 6.09 Å². The third-order valence-corrected chi connectivity index (χ3v) is 4.23. The van der Waals surface area contributed by atoms with Gasteiger partial charge in [-0.2, -0.15) is 0 Å². The van der Waals surface area contributed by atoms with Crippen LogP contribution in [0.15, 0.2) is 12.7 Å². The van der Waals surface area contributed by atoms with Gasteiger partial charge < -0.3 is 9.64 Å². The fourth-order valence-corrected chi connectivity index (χ4v) is 3.47. The van der Waals surface area contributed by atoms with E-state index < -0.39 is 15.9 Å². The predicted molar refractivity (Wildman–Crippen MR) is 61.0 cm³/mol. The van der Waals surface area contributed by atoms with Crippen molar-refractivity contribution in [2.75, 3.05) is 24.7 Å². The molecule has 1 atom stereocenters. The SMILES string of the molecule is C=CCN(C(=O)OCC)[C@@H]1CCS(=O)(=O)C1. The summed E-state index contributed by atoms with van der Waals surface area (Å²) in [4.78, 5) is 13.0. The van der Waals surface area contributed by atoms with Crippen LogP contribution < -0.4 is 0 Å². The number of rotatable bonds is 4. The summed E-state index contributed by atoms with van der Waals surface area (Å²) in [6.45, 7) is 5.87. The van der Waals surface area contributed by atoms with Crippen LogP contribution >= 0.6 is 0 Å². The summed E-state index contributed by atoms with van der Waals surface area (Å²) in [6.07, 6.45) is 1.58. The summed E-state index contributed by atoms with van der Waals surface area (Å²) in [6, 6.07) is -0.276. The standard InChI is InChI=1S/C10H17NO4S/c1-3-6-11(10(12)15-4-2)9-5-7-16(13,14)8-9/h3,9H,1,4-8H2,2H3/t9-/m1/s1. The topological polar surface area (TPSA) is 63.7 Å². The normalized spacial score (nSPS) is 22.7. The zero-order valence-corrected chi connectivity index (χ0v) is 10.2. The molecule has 0 aromatic rings. The van der Waals surface area contributed by atoms with Crippen molar-refractivity contribution in [2.24, 2.45) is 0 Å². The molecule has 1 aliphatic heterocycles. The largest absolute Gasteiger partial charge is 0.450 e. The fraction of sp³-hybridized carbons (Fsp3) is 0.700. The van der Waals surface area contributed by atoms with Crippen LogP contribution in [0.25, 0.3) is 0 Å². The minimum Gasteiger partial charge on any atom is -0.450 e. The molecule has 0 N–H and O–H groups in total. The Morgan fingerprint density at radius 3 is 2.75 bits per heavy atom. The number of hydrogen-bond donors (Lipinski definition) is 0. The Labute approximate surface area is 96.0 Å². The lowest BCUT2D eigenvalue weighted by Crippen LogP contribution is -2.41. The van der Waals surface area contributed by atoms with E-state index in [-0.39, 0.29) is 24.2 Å². The van der Waals surface area contributed by atoms with Crippen molar-refractivity contribution >= 4 is 15.9 Å². The Morgan fingerprint density at radius 1 is 1.62 bits per heavy atom. The van der Waals surface area contributed by atoms with Gasteiger partial charge in [0.05, 0.1) is 24.2 Å². The second kappa shape index (κ2) is 5.34. The molecule has 0 saturated carbocycles. The molecule has 0 radical (unpaired) electrons. The van der Waals surface area contributed by atoms with Gasteiger partial charge in [0.1, 0.15) is 0 Å². The molecule has 1 rings (SSSR count). The Morgan fingerprint density at radius 2 is 2.31 bits per heavy atom. The quantitative estimate of drug-likeness (QED) is 0.690. The molecule has 1 amide bonds. The number of hydrogen-bond acceptors (Lipinski definition) is 4. The van der Waals surface area contributed by atoms with E-state index in [0.29, 0.717) is 13.0 Å². The molecule has 1 heterocycles. The first-order chi connectivity index (χ1) is 7.50. The van der Waals surface area contributed by atoms with Gasteiger partial charge in [0, 0.05) is 6.54 Å². The predicted octanol–water partition coefficient (Wildman–Crippen LogP) is 0.818. The number of amides is 1. The van der Waals surface area contributed by atoms with Crippen LogP contribution in [0.2, 0.25) is 0 Å². The van der Waals surface area contributed by atoms with Gasteiger partial charge in [0.15, 0.2) is 9.84 Å². The molecule has 0 aromatic carbocycles. The maximum Gasteiger partial charge on any atom is 0.410 e. The Hall–Kier alpha value is -1.04. The highest BCUT2D eigenvalue weighted by molar-refractivity contribution is 7.91. The van der Waals surface area contributed by atoms with Crippen LogP contribution in [0.4, 0.5) is 4.79 Å². The lowest BCUT2D eigenvalue weighted by atomic mass is 10.2. The third-order valence-electron chi connectivity index (χ3n) is 2.48. The fourth-order valence-electron chi connectivity index (χ4n) is 1.74. The maximum atomic E-state index is 11.6. The molecule has 6 heteroatoms. The van der Waals surface area contributed by atoms with Crippen molar-refractivity contribution in [3.8, 4) is 0 Å². The van der Waals surface area contributed by atoms with Crippen molar-refractivity contribution in [1.82, 2.24) is 4.90 Å². The molecular formula is C10H17NO4S. The van der Waals surface area contributed by atoms with Crippen molar-refractivity contribution in [3.05, 3.63) is 12.7 Å². The third kappa shape index (κ3) is 3.23. The Bertz CT molecular complexity index is 363. The molecule has 0 aromatic heterocycles. The van der Waals surface area contributed by atoms with Gasteiger partial charge in [-0.25, -0.2) is 13.2 Å². The molecule has 1 aliphatic rings. The zero-order valence-electron chi connectivity index (χ0n) is 9.39. The molecule has 16 heavy (non-hydrogen) atoms. The zero-order chi connectivity index (χ0) is 12.2. The highest BCUT2D eigenvalue weighted by Gasteiger charge is 2.34. The summed E-state index contributed by atoms with van der Waals surface area (Å²) < 4.78 is 27.5. The first kappa shape index (κ1) is 13.0. The van der Waals surface area contributed by atoms with Crippen LogP contribution in [-0.2, 0) is 14.6 Å². The molecule has 0 unspecified atom stereocenters. The average Bonchev–Trinajstić information content (AvgIpc) is 2.55. The summed E-state index contributed by atoms with van der Waals surface area (Å²) in [5, 5.41) is 0. The van der Waals surface area contributed by atoms with Gasteiger partial charge in [-0.1, -0.05) is 6.08 Å². The van der Waals surface area contributed by atoms with E-state index in [1.807, 2.05) is 0 Å². The number of ether oxygens (including phenoxy) is 1. The maximum absolute atomic E-state index is 11.6. The summed E-state index contributed by atoms with van der Waals surface area (Å²) >= 11 is 0. The van der Waals surface area contributed by atoms with E-state index in [9.17, 15) is 13.2 Å². The van der Waals surface area contributed by atoms with Crippen molar-refractivity contribution in [1.29, 1.82) is 0 Å². The van der Waals surface area contributed by atoms with Gasteiger partial charge in [0.25, 0.3) is 0 Å². The minimum atomic E-state index is -2.99. The van der Waals surface area contributed by atoms with Crippen molar-refractivity contribution in [2.45, 2.75) is 19.4 Å². The van der Waals surface area contributed by atoms with Crippen LogP contribution in [0.5, 0.6) is 0 Å². The minimum absolute atomic E-state index is 0.0274. The number of nitrogens with zero attached hydrogens (tertiary/aromatic N) is 1. The number of carbonyl (C=O) groups is 1. The molecule has 5 nitrogen and oxygen atoms in total. The van der Waals surface area contributed by atoms with Gasteiger partial charge in [-0.05, 0) is 13.3 Å². The smallest absolute Gasteiger partial charge is 0.410 e. The number of carbonyl (C=O) groups excluding carboxylic acids is 1. The number of sulfone groups is 1. The first-order valence-corrected chi connectivity index (χ1v) is 7.07. The van der Waals surface area contributed by atoms with E-state index in [0.717, 1.165) is 0 Å². The van der Waals surface area contributed by atoms with E-state index >= 15 is 0 Å². The van der Waals surface area contributed by atoms with Crippen molar-refractivity contribution < 1.29 is 17.9 Å². The molecular weight excluding hydrogens is 230 g/mol. The average molecular weight is 247 g/mol. The molecule has 0 aliphatic carbocycles. The second-order valence-electron chi connectivity index (χ2n) is 3.70. The highest BCUT2D eigenvalue weighted by atomic mass is 32.2.